The van der Waals surface area contributed by atoms with E-state index in [2.05, 4.69) is 9.71 Å². The zero-order valence-electron chi connectivity index (χ0n) is 9.35. The molecule has 1 aromatic heterocycles. The molecule has 0 aromatic carbocycles. The van der Waals surface area contributed by atoms with E-state index in [1.165, 1.54) is 6.20 Å². The lowest BCUT2D eigenvalue weighted by atomic mass is 10.1. The third-order valence-corrected chi connectivity index (χ3v) is 4.36. The predicted octanol–water partition coefficient (Wildman–Crippen LogP) is 0.889. The van der Waals surface area contributed by atoms with E-state index >= 15 is 0 Å². The minimum absolute atomic E-state index is 0. The standard InChI is InChI=1S/C8H15N3O2S2.ClH/c1-6-10-4-7(14-6)15(12,13)11-5-8(2,3)9;/h4,11H,5,9H2,1-3H3;1H. The highest BCUT2D eigenvalue weighted by molar-refractivity contribution is 7.91. The number of nitrogens with zero attached hydrogens (tertiary/aromatic N) is 1. The van der Waals surface area contributed by atoms with Gasteiger partial charge in [-0.1, -0.05) is 0 Å². The number of nitrogens with two attached hydrogens (primary N) is 1. The second-order valence-electron chi connectivity index (χ2n) is 4.01. The number of rotatable bonds is 4. The minimum Gasteiger partial charge on any atom is -0.324 e. The molecule has 0 bridgehead atoms. The fourth-order valence-electron chi connectivity index (χ4n) is 0.818. The smallest absolute Gasteiger partial charge is 0.251 e. The van der Waals surface area contributed by atoms with Crippen molar-refractivity contribution in [1.29, 1.82) is 0 Å². The van der Waals surface area contributed by atoms with Gasteiger partial charge in [0.15, 0.2) is 4.21 Å². The maximum Gasteiger partial charge on any atom is 0.251 e. The molecule has 5 nitrogen and oxygen atoms in total. The minimum atomic E-state index is -3.45. The Hall–Kier alpha value is -0.210. The largest absolute Gasteiger partial charge is 0.324 e. The zero-order chi connectivity index (χ0) is 11.7. The van der Waals surface area contributed by atoms with Crippen LogP contribution in [0.1, 0.15) is 18.9 Å². The lowest BCUT2D eigenvalue weighted by Crippen LogP contribution is -2.44. The van der Waals surface area contributed by atoms with Gasteiger partial charge in [-0.25, -0.2) is 18.1 Å². The normalized spacial score (nSPS) is 12.2. The van der Waals surface area contributed by atoms with Crippen LogP contribution in [0.4, 0.5) is 0 Å². The van der Waals surface area contributed by atoms with E-state index in [1.807, 2.05) is 0 Å². The molecule has 1 aromatic rings. The monoisotopic (exact) mass is 285 g/mol. The summed E-state index contributed by atoms with van der Waals surface area (Å²) < 4.78 is 26.1. The summed E-state index contributed by atoms with van der Waals surface area (Å²) in [6.07, 6.45) is 1.35. The quantitative estimate of drug-likeness (QED) is 0.860. The average Bonchev–Trinajstić information content (AvgIpc) is 2.48. The molecule has 0 saturated carbocycles. The number of halogens is 1. The first-order valence-corrected chi connectivity index (χ1v) is 6.72. The molecule has 0 unspecified atom stereocenters. The summed E-state index contributed by atoms with van der Waals surface area (Å²) in [5, 5.41) is 0.724. The number of aromatic nitrogens is 1. The summed E-state index contributed by atoms with van der Waals surface area (Å²) >= 11 is 1.14. The maximum absolute atomic E-state index is 11.7. The Morgan fingerprint density at radius 3 is 2.50 bits per heavy atom. The Bertz CT molecular complexity index is 436. The van der Waals surface area contributed by atoms with Gasteiger partial charge in [0.25, 0.3) is 10.0 Å². The molecule has 0 aliphatic carbocycles. The molecular weight excluding hydrogens is 270 g/mol. The van der Waals surface area contributed by atoms with Crippen LogP contribution in [0.25, 0.3) is 0 Å². The first-order valence-electron chi connectivity index (χ1n) is 4.42. The highest BCUT2D eigenvalue weighted by atomic mass is 35.5. The highest BCUT2D eigenvalue weighted by Crippen LogP contribution is 2.17. The number of thiazole rings is 1. The van der Waals surface area contributed by atoms with Crippen molar-refractivity contribution in [3.8, 4) is 0 Å². The SMILES string of the molecule is Cc1ncc(S(=O)(=O)NCC(C)(C)N)s1.Cl. The van der Waals surface area contributed by atoms with E-state index in [0.29, 0.717) is 0 Å². The summed E-state index contributed by atoms with van der Waals surface area (Å²) in [5.74, 6) is 0. The predicted molar refractivity (Wildman–Crippen MR) is 67.6 cm³/mol. The van der Waals surface area contributed by atoms with Crippen LogP contribution in [-0.4, -0.2) is 25.5 Å². The summed E-state index contributed by atoms with van der Waals surface area (Å²) in [7, 11) is -3.45. The topological polar surface area (TPSA) is 85.1 Å². The molecule has 0 atom stereocenters. The van der Waals surface area contributed by atoms with E-state index in [-0.39, 0.29) is 23.2 Å². The summed E-state index contributed by atoms with van der Waals surface area (Å²) in [4.78, 5) is 3.90. The number of aryl methyl sites for hydroxylation is 1. The molecule has 94 valence electrons. The van der Waals surface area contributed by atoms with Crippen molar-refractivity contribution < 1.29 is 8.42 Å². The molecule has 8 heteroatoms. The van der Waals surface area contributed by atoms with Crippen molar-refractivity contribution in [2.45, 2.75) is 30.5 Å². The van der Waals surface area contributed by atoms with Crippen molar-refractivity contribution in [2.24, 2.45) is 5.73 Å². The van der Waals surface area contributed by atoms with Gasteiger partial charge >= 0.3 is 0 Å². The first kappa shape index (κ1) is 15.8. The zero-order valence-corrected chi connectivity index (χ0v) is 11.8. The molecule has 0 amide bonds. The van der Waals surface area contributed by atoms with Crippen molar-refractivity contribution in [2.75, 3.05) is 6.54 Å². The van der Waals surface area contributed by atoms with Gasteiger partial charge in [-0.3, -0.25) is 0 Å². The van der Waals surface area contributed by atoms with Crippen LogP contribution in [0, 0.1) is 6.92 Å². The molecule has 0 radical (unpaired) electrons. The Morgan fingerprint density at radius 2 is 2.12 bits per heavy atom. The van der Waals surface area contributed by atoms with Gasteiger partial charge in [0.05, 0.1) is 11.2 Å². The van der Waals surface area contributed by atoms with Crippen LogP contribution in [-0.2, 0) is 10.0 Å². The highest BCUT2D eigenvalue weighted by Gasteiger charge is 2.20. The number of nitrogens with one attached hydrogen (secondary N) is 1. The van der Waals surface area contributed by atoms with Gasteiger partial charge in [-0.05, 0) is 20.8 Å². The lowest BCUT2D eigenvalue weighted by Gasteiger charge is -2.18. The fourth-order valence-corrected chi connectivity index (χ4v) is 3.19. The van der Waals surface area contributed by atoms with Crippen molar-refractivity contribution >= 4 is 33.8 Å². The van der Waals surface area contributed by atoms with E-state index in [0.717, 1.165) is 16.3 Å². The van der Waals surface area contributed by atoms with Gasteiger partial charge in [0, 0.05) is 12.1 Å². The van der Waals surface area contributed by atoms with Crippen LogP contribution in [0.5, 0.6) is 0 Å². The fraction of sp³-hybridized carbons (Fsp3) is 0.625. The van der Waals surface area contributed by atoms with Crippen LogP contribution < -0.4 is 10.5 Å². The molecule has 0 aliphatic heterocycles. The first-order chi connectivity index (χ1) is 6.71. The molecule has 0 aliphatic rings. The van der Waals surface area contributed by atoms with Crippen LogP contribution in [0.2, 0.25) is 0 Å². The second-order valence-corrected chi connectivity index (χ2v) is 7.24. The molecule has 0 fully saturated rings. The van der Waals surface area contributed by atoms with Gasteiger partial charge in [-0.15, -0.1) is 23.7 Å². The summed E-state index contributed by atoms with van der Waals surface area (Å²) in [6.45, 7) is 5.48. The second kappa shape index (κ2) is 5.42. The van der Waals surface area contributed by atoms with Gasteiger partial charge in [0.1, 0.15) is 0 Å². The van der Waals surface area contributed by atoms with Crippen LogP contribution in [0.15, 0.2) is 10.4 Å². The number of hydrogen-bond acceptors (Lipinski definition) is 5. The number of hydrogen-bond donors (Lipinski definition) is 2. The summed E-state index contributed by atoms with van der Waals surface area (Å²) in [6, 6.07) is 0. The Labute approximate surface area is 106 Å². The molecule has 0 spiro atoms. The number of sulfonamides is 1. The molecule has 0 saturated heterocycles. The third-order valence-electron chi connectivity index (χ3n) is 1.58. The Kier molecular flexibility index (Phi) is 5.34. The van der Waals surface area contributed by atoms with Gasteiger partial charge in [0.2, 0.25) is 0 Å². The molecule has 3 N–H and O–H groups in total. The van der Waals surface area contributed by atoms with Crippen LogP contribution >= 0.6 is 23.7 Å². The molecule has 1 heterocycles. The third kappa shape index (κ3) is 4.75. The van der Waals surface area contributed by atoms with E-state index in [4.69, 9.17) is 5.73 Å². The van der Waals surface area contributed by atoms with E-state index in [1.54, 1.807) is 20.8 Å². The van der Waals surface area contributed by atoms with E-state index in [9.17, 15) is 8.42 Å². The Balaban J connectivity index is 0.00000225. The van der Waals surface area contributed by atoms with Crippen molar-refractivity contribution in [3.63, 3.8) is 0 Å². The lowest BCUT2D eigenvalue weighted by molar-refractivity contribution is 0.498. The molecule has 16 heavy (non-hydrogen) atoms. The van der Waals surface area contributed by atoms with Crippen molar-refractivity contribution in [1.82, 2.24) is 9.71 Å². The molecule has 1 rings (SSSR count). The van der Waals surface area contributed by atoms with Gasteiger partial charge in [-0.2, -0.15) is 0 Å². The summed E-state index contributed by atoms with van der Waals surface area (Å²) in [5.41, 5.74) is 5.12. The van der Waals surface area contributed by atoms with Crippen LogP contribution in [0.3, 0.4) is 0 Å². The molecular formula is C8H16ClN3O2S2. The van der Waals surface area contributed by atoms with E-state index < -0.39 is 15.6 Å². The van der Waals surface area contributed by atoms with Crippen molar-refractivity contribution in [3.05, 3.63) is 11.2 Å². The van der Waals surface area contributed by atoms with Gasteiger partial charge < -0.3 is 5.73 Å². The maximum atomic E-state index is 11.7. The Morgan fingerprint density at radius 1 is 1.56 bits per heavy atom. The average molecular weight is 286 g/mol.